The quantitative estimate of drug-likeness (QED) is 0.849. The third-order valence-electron chi connectivity index (χ3n) is 3.14. The average Bonchev–Trinajstić information content (AvgIpc) is 2.47. The second-order valence-electron chi connectivity index (χ2n) is 4.66. The first-order valence-corrected chi connectivity index (χ1v) is 7.31. The van der Waals surface area contributed by atoms with Gasteiger partial charge < -0.3 is 15.2 Å². The van der Waals surface area contributed by atoms with Crippen LogP contribution in [0.1, 0.15) is 16.7 Å². The van der Waals surface area contributed by atoms with Crippen molar-refractivity contribution in [2.45, 2.75) is 19.7 Å². The summed E-state index contributed by atoms with van der Waals surface area (Å²) in [6, 6.07) is 11.3. The van der Waals surface area contributed by atoms with E-state index in [4.69, 9.17) is 33.0 Å². The molecule has 0 spiro atoms. The third kappa shape index (κ3) is 4.35. The van der Waals surface area contributed by atoms with Crippen LogP contribution < -0.4 is 10.1 Å². The van der Waals surface area contributed by atoms with Gasteiger partial charge in [0, 0.05) is 23.7 Å². The van der Waals surface area contributed by atoms with Gasteiger partial charge in [0.15, 0.2) is 0 Å². The topological polar surface area (TPSA) is 41.5 Å². The number of methoxy groups -OCH3 is 1. The smallest absolute Gasteiger partial charge is 0.142 e. The van der Waals surface area contributed by atoms with Crippen molar-refractivity contribution in [3.63, 3.8) is 0 Å². The molecule has 2 aromatic carbocycles. The summed E-state index contributed by atoms with van der Waals surface area (Å²) in [4.78, 5) is 0. The lowest BCUT2D eigenvalue weighted by atomic mass is 10.1. The minimum Gasteiger partial charge on any atom is -0.495 e. The summed E-state index contributed by atoms with van der Waals surface area (Å²) in [6.45, 7) is 1.37. The third-order valence-corrected chi connectivity index (χ3v) is 3.64. The zero-order valence-electron chi connectivity index (χ0n) is 11.7. The Labute approximate surface area is 134 Å². The molecular formula is C16H17Cl2NO2. The lowest BCUT2D eigenvalue weighted by molar-refractivity contribution is 0.282. The largest absolute Gasteiger partial charge is 0.495 e. The summed E-state index contributed by atoms with van der Waals surface area (Å²) >= 11 is 12.1. The predicted molar refractivity (Wildman–Crippen MR) is 85.9 cm³/mol. The van der Waals surface area contributed by atoms with Crippen LogP contribution >= 0.6 is 23.2 Å². The standard InChI is InChI=1S/C16H17Cl2NO2/c1-21-16-13(6-14(17)7-15(16)18)9-19-8-11-2-4-12(10-20)5-3-11/h2-7,19-20H,8-10H2,1H3. The van der Waals surface area contributed by atoms with Crippen LogP contribution in [0.5, 0.6) is 5.75 Å². The number of rotatable bonds is 6. The van der Waals surface area contributed by atoms with Gasteiger partial charge in [-0.25, -0.2) is 0 Å². The van der Waals surface area contributed by atoms with Gasteiger partial charge >= 0.3 is 0 Å². The van der Waals surface area contributed by atoms with E-state index in [0.29, 0.717) is 28.9 Å². The van der Waals surface area contributed by atoms with Crippen LogP contribution in [0, 0.1) is 0 Å². The van der Waals surface area contributed by atoms with Crippen LogP contribution in [-0.2, 0) is 19.7 Å². The maximum atomic E-state index is 9.01. The van der Waals surface area contributed by atoms with Crippen LogP contribution in [0.25, 0.3) is 0 Å². The average molecular weight is 326 g/mol. The van der Waals surface area contributed by atoms with Crippen molar-refractivity contribution in [3.05, 3.63) is 63.1 Å². The molecule has 0 aliphatic rings. The molecule has 3 nitrogen and oxygen atoms in total. The van der Waals surface area contributed by atoms with Gasteiger partial charge in [0.25, 0.3) is 0 Å². The van der Waals surface area contributed by atoms with Crippen LogP contribution in [0.15, 0.2) is 36.4 Å². The molecule has 2 rings (SSSR count). The molecular weight excluding hydrogens is 309 g/mol. The van der Waals surface area contributed by atoms with E-state index in [0.717, 1.165) is 16.7 Å². The molecule has 0 aliphatic heterocycles. The molecule has 0 heterocycles. The molecule has 0 aromatic heterocycles. The molecule has 0 aliphatic carbocycles. The lowest BCUT2D eigenvalue weighted by Gasteiger charge is -2.12. The van der Waals surface area contributed by atoms with Gasteiger partial charge in [0.2, 0.25) is 0 Å². The van der Waals surface area contributed by atoms with Gasteiger partial charge in [-0.05, 0) is 23.3 Å². The molecule has 0 saturated heterocycles. The number of aliphatic hydroxyl groups excluding tert-OH is 1. The van der Waals surface area contributed by atoms with Crippen molar-refractivity contribution >= 4 is 23.2 Å². The van der Waals surface area contributed by atoms with E-state index in [1.807, 2.05) is 30.3 Å². The van der Waals surface area contributed by atoms with Crippen molar-refractivity contribution in [2.24, 2.45) is 0 Å². The number of hydrogen-bond acceptors (Lipinski definition) is 3. The minimum absolute atomic E-state index is 0.0614. The summed E-state index contributed by atoms with van der Waals surface area (Å²) in [5.41, 5.74) is 2.96. The fourth-order valence-electron chi connectivity index (χ4n) is 2.08. The molecule has 0 saturated carbocycles. The van der Waals surface area contributed by atoms with E-state index >= 15 is 0 Å². The Morgan fingerprint density at radius 3 is 2.33 bits per heavy atom. The number of ether oxygens (including phenoxy) is 1. The van der Waals surface area contributed by atoms with Crippen molar-refractivity contribution in [1.82, 2.24) is 5.32 Å². The number of hydrogen-bond donors (Lipinski definition) is 2. The van der Waals surface area contributed by atoms with Crippen LogP contribution in [0.2, 0.25) is 10.0 Å². The molecule has 0 unspecified atom stereocenters. The maximum Gasteiger partial charge on any atom is 0.142 e. The van der Waals surface area contributed by atoms with Gasteiger partial charge in [-0.1, -0.05) is 47.5 Å². The molecule has 0 radical (unpaired) electrons. The summed E-state index contributed by atoms with van der Waals surface area (Å²) in [6.07, 6.45) is 0. The summed E-state index contributed by atoms with van der Waals surface area (Å²) in [7, 11) is 1.59. The Morgan fingerprint density at radius 1 is 1.05 bits per heavy atom. The number of aliphatic hydroxyl groups is 1. The number of halogens is 2. The number of nitrogens with one attached hydrogen (secondary N) is 1. The Hall–Kier alpha value is -1.26. The molecule has 2 N–H and O–H groups in total. The van der Waals surface area contributed by atoms with Gasteiger partial charge in [-0.3, -0.25) is 0 Å². The first-order valence-electron chi connectivity index (χ1n) is 6.55. The predicted octanol–water partition coefficient (Wildman–Crippen LogP) is 3.78. The first kappa shape index (κ1) is 16.1. The van der Waals surface area contributed by atoms with Crippen LogP contribution in [-0.4, -0.2) is 12.2 Å². The van der Waals surface area contributed by atoms with Crippen molar-refractivity contribution in [3.8, 4) is 5.75 Å². The van der Waals surface area contributed by atoms with E-state index in [-0.39, 0.29) is 6.61 Å². The van der Waals surface area contributed by atoms with E-state index in [1.165, 1.54) is 0 Å². The SMILES string of the molecule is COc1c(Cl)cc(Cl)cc1CNCc1ccc(CO)cc1. The normalized spacial score (nSPS) is 10.7. The molecule has 0 amide bonds. The summed E-state index contributed by atoms with van der Waals surface area (Å²) < 4.78 is 5.31. The maximum absolute atomic E-state index is 9.01. The second kappa shape index (κ2) is 7.66. The first-order chi connectivity index (χ1) is 10.1. The second-order valence-corrected chi connectivity index (χ2v) is 5.50. The zero-order chi connectivity index (χ0) is 15.2. The van der Waals surface area contributed by atoms with Crippen LogP contribution in [0.3, 0.4) is 0 Å². The van der Waals surface area contributed by atoms with Crippen molar-refractivity contribution < 1.29 is 9.84 Å². The Morgan fingerprint density at radius 2 is 1.71 bits per heavy atom. The molecule has 21 heavy (non-hydrogen) atoms. The van der Waals surface area contributed by atoms with E-state index < -0.39 is 0 Å². The van der Waals surface area contributed by atoms with E-state index in [9.17, 15) is 0 Å². The Kier molecular flexibility index (Phi) is 5.88. The fraction of sp³-hybridized carbons (Fsp3) is 0.250. The molecule has 5 heteroatoms. The van der Waals surface area contributed by atoms with Crippen LogP contribution in [0.4, 0.5) is 0 Å². The van der Waals surface area contributed by atoms with Gasteiger partial charge in [-0.2, -0.15) is 0 Å². The lowest BCUT2D eigenvalue weighted by Crippen LogP contribution is -2.13. The van der Waals surface area contributed by atoms with Gasteiger partial charge in [0.1, 0.15) is 5.75 Å². The molecule has 0 bridgehead atoms. The monoisotopic (exact) mass is 325 g/mol. The van der Waals surface area contributed by atoms with Gasteiger partial charge in [-0.15, -0.1) is 0 Å². The van der Waals surface area contributed by atoms with E-state index in [1.54, 1.807) is 13.2 Å². The molecule has 2 aromatic rings. The molecule has 0 fully saturated rings. The minimum atomic E-state index is 0.0614. The van der Waals surface area contributed by atoms with Crippen molar-refractivity contribution in [2.75, 3.05) is 7.11 Å². The molecule has 112 valence electrons. The highest BCUT2D eigenvalue weighted by molar-refractivity contribution is 6.35. The number of benzene rings is 2. The Bertz CT molecular complexity index is 600. The Balaban J connectivity index is 1.99. The molecule has 0 atom stereocenters. The van der Waals surface area contributed by atoms with Crippen molar-refractivity contribution in [1.29, 1.82) is 0 Å². The van der Waals surface area contributed by atoms with E-state index in [2.05, 4.69) is 5.32 Å². The highest BCUT2D eigenvalue weighted by Crippen LogP contribution is 2.32. The highest BCUT2D eigenvalue weighted by Gasteiger charge is 2.09. The zero-order valence-corrected chi connectivity index (χ0v) is 13.2. The highest BCUT2D eigenvalue weighted by atomic mass is 35.5. The summed E-state index contributed by atoms with van der Waals surface area (Å²) in [5.74, 6) is 0.643. The fourth-order valence-corrected chi connectivity index (χ4v) is 2.69. The summed E-state index contributed by atoms with van der Waals surface area (Å²) in [5, 5.41) is 13.4. The van der Waals surface area contributed by atoms with Gasteiger partial charge in [0.05, 0.1) is 18.7 Å².